The standard InChI is InChI=1S/C9H17N/c10-6-8-5-4-7-2-1-3-9(7)8/h7-9H,1-6,10H2/t7-,8+,9-/m0/s1. The van der Waals surface area contributed by atoms with Crippen LogP contribution in [0.15, 0.2) is 0 Å². The van der Waals surface area contributed by atoms with E-state index in [0.717, 1.165) is 24.3 Å². The summed E-state index contributed by atoms with van der Waals surface area (Å²) in [6.07, 6.45) is 7.36. The molecule has 0 aromatic carbocycles. The van der Waals surface area contributed by atoms with Gasteiger partial charge in [0, 0.05) is 0 Å². The molecule has 0 bridgehead atoms. The van der Waals surface area contributed by atoms with Crippen LogP contribution in [0.2, 0.25) is 0 Å². The fourth-order valence-electron chi connectivity index (χ4n) is 2.98. The molecule has 1 nitrogen and oxygen atoms in total. The zero-order valence-electron chi connectivity index (χ0n) is 6.55. The van der Waals surface area contributed by atoms with E-state index in [1.54, 1.807) is 0 Å². The van der Waals surface area contributed by atoms with E-state index in [1.165, 1.54) is 32.1 Å². The number of nitrogens with two attached hydrogens (primary N) is 1. The fourth-order valence-corrected chi connectivity index (χ4v) is 2.98. The highest BCUT2D eigenvalue weighted by molar-refractivity contribution is 4.89. The molecule has 0 radical (unpaired) electrons. The first-order valence-electron chi connectivity index (χ1n) is 4.62. The van der Waals surface area contributed by atoms with E-state index in [4.69, 9.17) is 5.73 Å². The lowest BCUT2D eigenvalue weighted by atomic mass is 9.92. The monoisotopic (exact) mass is 139 g/mol. The van der Waals surface area contributed by atoms with Crippen molar-refractivity contribution in [2.45, 2.75) is 32.1 Å². The third-order valence-corrected chi connectivity index (χ3v) is 3.53. The van der Waals surface area contributed by atoms with Crippen molar-refractivity contribution < 1.29 is 0 Å². The molecule has 58 valence electrons. The van der Waals surface area contributed by atoms with Crippen molar-refractivity contribution in [2.75, 3.05) is 6.54 Å². The first kappa shape index (κ1) is 6.66. The van der Waals surface area contributed by atoms with E-state index in [-0.39, 0.29) is 0 Å². The molecule has 2 rings (SSSR count). The van der Waals surface area contributed by atoms with Crippen molar-refractivity contribution in [3.63, 3.8) is 0 Å². The van der Waals surface area contributed by atoms with E-state index in [1.807, 2.05) is 0 Å². The molecule has 0 saturated heterocycles. The van der Waals surface area contributed by atoms with E-state index in [9.17, 15) is 0 Å². The zero-order valence-corrected chi connectivity index (χ0v) is 6.55. The summed E-state index contributed by atoms with van der Waals surface area (Å²) >= 11 is 0. The highest BCUT2D eigenvalue weighted by Gasteiger charge is 2.37. The van der Waals surface area contributed by atoms with Gasteiger partial charge in [0.25, 0.3) is 0 Å². The second-order valence-corrected chi connectivity index (χ2v) is 3.93. The summed E-state index contributed by atoms with van der Waals surface area (Å²) in [5.41, 5.74) is 5.69. The molecule has 0 unspecified atom stereocenters. The van der Waals surface area contributed by atoms with Crippen LogP contribution in [-0.2, 0) is 0 Å². The van der Waals surface area contributed by atoms with Gasteiger partial charge in [-0.2, -0.15) is 0 Å². The molecule has 2 fully saturated rings. The lowest BCUT2D eigenvalue weighted by Crippen LogP contribution is -2.18. The van der Waals surface area contributed by atoms with Crippen LogP contribution in [-0.4, -0.2) is 6.54 Å². The molecule has 2 aliphatic carbocycles. The zero-order chi connectivity index (χ0) is 6.97. The SMILES string of the molecule is NC[C@H]1CC[C@@H]2CCC[C@@H]21. The number of fused-ring (bicyclic) bond motifs is 1. The van der Waals surface area contributed by atoms with E-state index in [0.29, 0.717) is 0 Å². The molecule has 0 heterocycles. The van der Waals surface area contributed by atoms with Crippen LogP contribution < -0.4 is 5.73 Å². The molecule has 0 aromatic rings. The first-order valence-corrected chi connectivity index (χ1v) is 4.62. The summed E-state index contributed by atoms with van der Waals surface area (Å²) in [5, 5.41) is 0. The van der Waals surface area contributed by atoms with Crippen LogP contribution in [0.3, 0.4) is 0 Å². The largest absolute Gasteiger partial charge is 0.330 e. The summed E-state index contributed by atoms with van der Waals surface area (Å²) in [5.74, 6) is 3.01. The van der Waals surface area contributed by atoms with Crippen LogP contribution in [0.4, 0.5) is 0 Å². The quantitative estimate of drug-likeness (QED) is 0.588. The average molecular weight is 139 g/mol. The predicted octanol–water partition coefficient (Wildman–Crippen LogP) is 1.77. The van der Waals surface area contributed by atoms with Crippen molar-refractivity contribution in [1.29, 1.82) is 0 Å². The second kappa shape index (κ2) is 2.54. The van der Waals surface area contributed by atoms with E-state index in [2.05, 4.69) is 0 Å². The summed E-state index contributed by atoms with van der Waals surface area (Å²) in [6.45, 7) is 0.946. The minimum atomic E-state index is 0.896. The topological polar surface area (TPSA) is 26.0 Å². The summed E-state index contributed by atoms with van der Waals surface area (Å²) in [6, 6.07) is 0. The van der Waals surface area contributed by atoms with Crippen molar-refractivity contribution in [1.82, 2.24) is 0 Å². The molecule has 0 spiro atoms. The molecule has 10 heavy (non-hydrogen) atoms. The molecule has 2 aliphatic rings. The Hall–Kier alpha value is -0.0400. The first-order chi connectivity index (χ1) is 4.92. The Labute approximate surface area is 63.0 Å². The van der Waals surface area contributed by atoms with Gasteiger partial charge in [0.1, 0.15) is 0 Å². The Morgan fingerprint density at radius 3 is 2.80 bits per heavy atom. The summed E-state index contributed by atoms with van der Waals surface area (Å²) < 4.78 is 0. The van der Waals surface area contributed by atoms with Gasteiger partial charge >= 0.3 is 0 Å². The fraction of sp³-hybridized carbons (Fsp3) is 1.00. The number of rotatable bonds is 1. The van der Waals surface area contributed by atoms with Crippen LogP contribution in [0.25, 0.3) is 0 Å². The van der Waals surface area contributed by atoms with Crippen molar-refractivity contribution in [3.05, 3.63) is 0 Å². The van der Waals surface area contributed by atoms with Crippen LogP contribution in [0, 0.1) is 17.8 Å². The van der Waals surface area contributed by atoms with E-state index >= 15 is 0 Å². The molecule has 2 N–H and O–H groups in total. The number of hydrogen-bond acceptors (Lipinski definition) is 1. The highest BCUT2D eigenvalue weighted by atomic mass is 14.6. The van der Waals surface area contributed by atoms with Gasteiger partial charge in [-0.25, -0.2) is 0 Å². The van der Waals surface area contributed by atoms with Gasteiger partial charge in [0.05, 0.1) is 0 Å². The minimum absolute atomic E-state index is 0.896. The van der Waals surface area contributed by atoms with Crippen molar-refractivity contribution in [2.24, 2.45) is 23.5 Å². The van der Waals surface area contributed by atoms with Gasteiger partial charge in [0.2, 0.25) is 0 Å². The maximum atomic E-state index is 5.69. The Balaban J connectivity index is 2.01. The molecule has 0 aliphatic heterocycles. The molecule has 3 atom stereocenters. The molecule has 0 aromatic heterocycles. The molecule has 2 saturated carbocycles. The molecule has 0 amide bonds. The van der Waals surface area contributed by atoms with Crippen molar-refractivity contribution >= 4 is 0 Å². The highest BCUT2D eigenvalue weighted by Crippen LogP contribution is 2.46. The average Bonchev–Trinajstić information content (AvgIpc) is 2.44. The van der Waals surface area contributed by atoms with Crippen LogP contribution in [0.1, 0.15) is 32.1 Å². The summed E-state index contributed by atoms with van der Waals surface area (Å²) in [4.78, 5) is 0. The van der Waals surface area contributed by atoms with Crippen LogP contribution >= 0.6 is 0 Å². The van der Waals surface area contributed by atoms with Gasteiger partial charge in [-0.15, -0.1) is 0 Å². The van der Waals surface area contributed by atoms with Crippen LogP contribution in [0.5, 0.6) is 0 Å². The Kier molecular flexibility index (Phi) is 1.69. The molecule has 1 heteroatoms. The number of hydrogen-bond donors (Lipinski definition) is 1. The Morgan fingerprint density at radius 1 is 1.10 bits per heavy atom. The lowest BCUT2D eigenvalue weighted by molar-refractivity contribution is 0.360. The molecular weight excluding hydrogens is 122 g/mol. The van der Waals surface area contributed by atoms with E-state index < -0.39 is 0 Å². The third-order valence-electron chi connectivity index (χ3n) is 3.53. The van der Waals surface area contributed by atoms with Gasteiger partial charge in [-0.05, 0) is 43.6 Å². The maximum Gasteiger partial charge on any atom is -0.00461 e. The Morgan fingerprint density at radius 2 is 2.00 bits per heavy atom. The molecular formula is C9H17N. The Bertz CT molecular complexity index is 122. The minimum Gasteiger partial charge on any atom is -0.330 e. The van der Waals surface area contributed by atoms with Gasteiger partial charge < -0.3 is 5.73 Å². The summed E-state index contributed by atoms with van der Waals surface area (Å²) in [7, 11) is 0. The van der Waals surface area contributed by atoms with Crippen molar-refractivity contribution in [3.8, 4) is 0 Å². The normalized spacial score (nSPS) is 45.9. The van der Waals surface area contributed by atoms with Gasteiger partial charge in [-0.1, -0.05) is 12.8 Å². The lowest BCUT2D eigenvalue weighted by Gasteiger charge is -2.15. The third kappa shape index (κ3) is 0.878. The smallest absolute Gasteiger partial charge is 0.00461 e. The second-order valence-electron chi connectivity index (χ2n) is 3.93. The van der Waals surface area contributed by atoms with Gasteiger partial charge in [-0.3, -0.25) is 0 Å². The van der Waals surface area contributed by atoms with Gasteiger partial charge in [0.15, 0.2) is 0 Å². The predicted molar refractivity (Wildman–Crippen MR) is 42.6 cm³/mol. The maximum absolute atomic E-state index is 5.69.